The molecule has 1 heterocycles. The summed E-state index contributed by atoms with van der Waals surface area (Å²) in [6.45, 7) is 7.16. The van der Waals surface area contributed by atoms with Crippen LogP contribution < -0.4 is 11.1 Å². The second-order valence-corrected chi connectivity index (χ2v) is 6.84. The molecule has 3 atom stereocenters. The number of ether oxygens (including phenoxy) is 1. The van der Waals surface area contributed by atoms with E-state index in [2.05, 4.69) is 42.0 Å². The first-order valence-electron chi connectivity index (χ1n) is 9.27. The summed E-state index contributed by atoms with van der Waals surface area (Å²) in [5.41, 5.74) is 6.69. The van der Waals surface area contributed by atoms with E-state index >= 15 is 0 Å². The molecule has 0 amide bonds. The first kappa shape index (κ1) is 19.0. The Kier molecular flexibility index (Phi) is 6.49. The van der Waals surface area contributed by atoms with Gasteiger partial charge in [0, 0.05) is 6.04 Å². The van der Waals surface area contributed by atoms with E-state index in [1.165, 1.54) is 6.20 Å². The van der Waals surface area contributed by atoms with Gasteiger partial charge in [-0.2, -0.15) is 0 Å². The number of rotatable bonds is 10. The Morgan fingerprint density at radius 3 is 2.96 bits per heavy atom. The highest BCUT2D eigenvalue weighted by Gasteiger charge is 2.39. The lowest BCUT2D eigenvalue weighted by Crippen LogP contribution is -2.19. The Balaban J connectivity index is 1.45. The van der Waals surface area contributed by atoms with Crippen LogP contribution in [0.1, 0.15) is 24.8 Å². The summed E-state index contributed by atoms with van der Waals surface area (Å²) in [7, 11) is 0. The summed E-state index contributed by atoms with van der Waals surface area (Å²) in [5, 5.41) is 3.47. The van der Waals surface area contributed by atoms with Gasteiger partial charge in [-0.05, 0) is 36.0 Å². The number of benzene rings is 1. The minimum absolute atomic E-state index is 0.354. The SMILES string of the molecule is C=C/C=C(\C=C/[C@@H](C)C1C[C@@H]1NCc1ncc(N)o1)OCc1ccccc1. The van der Waals surface area contributed by atoms with Crippen LogP contribution in [0.3, 0.4) is 0 Å². The molecule has 5 nitrogen and oxygen atoms in total. The van der Waals surface area contributed by atoms with Crippen LogP contribution >= 0.6 is 0 Å². The number of aromatic nitrogens is 1. The Hall–Kier alpha value is -2.79. The quantitative estimate of drug-likeness (QED) is 0.487. The van der Waals surface area contributed by atoms with Crippen LogP contribution in [0.25, 0.3) is 0 Å². The van der Waals surface area contributed by atoms with E-state index in [-0.39, 0.29) is 0 Å². The number of allylic oxidation sites excluding steroid dienone is 4. The number of hydrogen-bond acceptors (Lipinski definition) is 5. The maximum atomic E-state index is 5.91. The van der Waals surface area contributed by atoms with Crippen LogP contribution in [-0.4, -0.2) is 11.0 Å². The number of nitrogens with one attached hydrogen (secondary N) is 1. The molecule has 5 heteroatoms. The molecular weight excluding hydrogens is 338 g/mol. The topological polar surface area (TPSA) is 73.3 Å². The molecule has 142 valence electrons. The molecule has 1 aromatic carbocycles. The number of nitrogen functional groups attached to an aromatic ring is 1. The minimum Gasteiger partial charge on any atom is -0.489 e. The maximum absolute atomic E-state index is 5.91. The first-order valence-corrected chi connectivity index (χ1v) is 9.27. The molecule has 1 fully saturated rings. The Morgan fingerprint density at radius 2 is 2.26 bits per heavy atom. The molecule has 0 radical (unpaired) electrons. The molecule has 0 saturated heterocycles. The van der Waals surface area contributed by atoms with Crippen molar-refractivity contribution in [3.8, 4) is 0 Å². The van der Waals surface area contributed by atoms with Gasteiger partial charge in [-0.25, -0.2) is 4.98 Å². The van der Waals surface area contributed by atoms with Gasteiger partial charge in [0.15, 0.2) is 0 Å². The standard InChI is InChI=1S/C22H27N3O2/c1-3-7-18(26-15-17-8-5-4-6-9-17)11-10-16(2)19-12-20(19)24-14-22-25-13-21(23)27-22/h3-11,13,16,19-20,24H,1,12,14-15,23H2,2H3/b11-10-,18-7+/t16-,19?,20+/m1/s1. The van der Waals surface area contributed by atoms with Gasteiger partial charge in [0.05, 0.1) is 12.7 Å². The average Bonchev–Trinajstić information content (AvgIpc) is 3.35. The third-order valence-electron chi connectivity index (χ3n) is 4.70. The van der Waals surface area contributed by atoms with Crippen molar-refractivity contribution in [3.63, 3.8) is 0 Å². The number of nitrogens with two attached hydrogens (primary N) is 1. The second-order valence-electron chi connectivity index (χ2n) is 6.84. The van der Waals surface area contributed by atoms with Gasteiger partial charge in [0.2, 0.25) is 11.8 Å². The van der Waals surface area contributed by atoms with E-state index in [1.54, 1.807) is 6.08 Å². The summed E-state index contributed by atoms with van der Waals surface area (Å²) in [6, 6.07) is 10.6. The molecule has 0 bridgehead atoms. The Bertz CT molecular complexity index is 795. The molecule has 2 aromatic rings. The molecule has 0 aliphatic heterocycles. The van der Waals surface area contributed by atoms with Crippen molar-refractivity contribution in [1.29, 1.82) is 0 Å². The Morgan fingerprint density at radius 1 is 1.44 bits per heavy atom. The lowest BCUT2D eigenvalue weighted by atomic mass is 10.1. The third kappa shape index (κ3) is 5.86. The van der Waals surface area contributed by atoms with E-state index < -0.39 is 0 Å². The Labute approximate surface area is 160 Å². The predicted octanol–water partition coefficient (Wildman–Crippen LogP) is 4.21. The third-order valence-corrected chi connectivity index (χ3v) is 4.70. The first-order chi connectivity index (χ1) is 13.2. The molecule has 1 aliphatic rings. The fraction of sp³-hybridized carbons (Fsp3) is 0.318. The zero-order chi connectivity index (χ0) is 19.1. The lowest BCUT2D eigenvalue weighted by molar-refractivity contribution is 0.211. The van der Waals surface area contributed by atoms with Crippen molar-refractivity contribution in [1.82, 2.24) is 10.3 Å². The number of oxazole rings is 1. The van der Waals surface area contributed by atoms with Crippen molar-refractivity contribution >= 4 is 5.88 Å². The minimum atomic E-state index is 0.354. The summed E-state index contributed by atoms with van der Waals surface area (Å²) in [5.74, 6) is 2.86. The summed E-state index contributed by atoms with van der Waals surface area (Å²) < 4.78 is 11.2. The van der Waals surface area contributed by atoms with Crippen molar-refractivity contribution in [2.75, 3.05) is 5.73 Å². The summed E-state index contributed by atoms with van der Waals surface area (Å²) in [6.07, 6.45) is 10.6. The number of anilines is 1. The smallest absolute Gasteiger partial charge is 0.211 e. The highest BCUT2D eigenvalue weighted by molar-refractivity contribution is 5.21. The lowest BCUT2D eigenvalue weighted by Gasteiger charge is -2.09. The maximum Gasteiger partial charge on any atom is 0.211 e. The molecule has 1 saturated carbocycles. The fourth-order valence-electron chi connectivity index (χ4n) is 3.05. The van der Waals surface area contributed by atoms with Gasteiger partial charge in [0.1, 0.15) is 12.4 Å². The van der Waals surface area contributed by atoms with Crippen LogP contribution in [0.15, 0.2) is 77.6 Å². The van der Waals surface area contributed by atoms with E-state index in [0.29, 0.717) is 42.8 Å². The molecule has 1 aliphatic carbocycles. The van der Waals surface area contributed by atoms with Crippen molar-refractivity contribution in [3.05, 3.63) is 84.6 Å². The summed E-state index contributed by atoms with van der Waals surface area (Å²) >= 11 is 0. The van der Waals surface area contributed by atoms with Gasteiger partial charge in [-0.1, -0.05) is 56.0 Å². The fourth-order valence-corrected chi connectivity index (χ4v) is 3.05. The zero-order valence-corrected chi connectivity index (χ0v) is 15.7. The van der Waals surface area contributed by atoms with Crippen molar-refractivity contribution < 1.29 is 9.15 Å². The van der Waals surface area contributed by atoms with Gasteiger partial charge < -0.3 is 20.2 Å². The van der Waals surface area contributed by atoms with E-state index in [9.17, 15) is 0 Å². The van der Waals surface area contributed by atoms with E-state index in [4.69, 9.17) is 14.9 Å². The van der Waals surface area contributed by atoms with Crippen molar-refractivity contribution in [2.24, 2.45) is 11.8 Å². The monoisotopic (exact) mass is 365 g/mol. The van der Waals surface area contributed by atoms with Crippen LogP contribution in [0.5, 0.6) is 0 Å². The number of nitrogens with zero attached hydrogens (tertiary/aromatic N) is 1. The molecule has 0 spiro atoms. The van der Waals surface area contributed by atoms with Gasteiger partial charge in [-0.15, -0.1) is 0 Å². The van der Waals surface area contributed by atoms with Gasteiger partial charge in [0.25, 0.3) is 0 Å². The highest BCUT2D eigenvalue weighted by atomic mass is 16.5. The highest BCUT2D eigenvalue weighted by Crippen LogP contribution is 2.38. The number of hydrogen-bond donors (Lipinski definition) is 2. The summed E-state index contributed by atoms with van der Waals surface area (Å²) in [4.78, 5) is 4.11. The largest absolute Gasteiger partial charge is 0.489 e. The van der Waals surface area contributed by atoms with Crippen LogP contribution in [0, 0.1) is 11.8 Å². The van der Waals surface area contributed by atoms with E-state index in [0.717, 1.165) is 17.7 Å². The predicted molar refractivity (Wildman–Crippen MR) is 107 cm³/mol. The second kappa shape index (κ2) is 9.24. The zero-order valence-electron chi connectivity index (χ0n) is 15.7. The van der Waals surface area contributed by atoms with Crippen LogP contribution in [0.2, 0.25) is 0 Å². The molecule has 27 heavy (non-hydrogen) atoms. The molecule has 1 aromatic heterocycles. The van der Waals surface area contributed by atoms with Crippen molar-refractivity contribution in [2.45, 2.75) is 32.5 Å². The molecule has 3 rings (SSSR count). The van der Waals surface area contributed by atoms with E-state index in [1.807, 2.05) is 30.4 Å². The van der Waals surface area contributed by atoms with Crippen LogP contribution in [-0.2, 0) is 17.9 Å². The van der Waals surface area contributed by atoms with Gasteiger partial charge in [-0.3, -0.25) is 0 Å². The van der Waals surface area contributed by atoms with Gasteiger partial charge >= 0.3 is 0 Å². The molecule has 1 unspecified atom stereocenters. The molecule has 3 N–H and O–H groups in total. The average molecular weight is 365 g/mol. The molecular formula is C22H27N3O2. The van der Waals surface area contributed by atoms with Crippen LogP contribution in [0.4, 0.5) is 5.88 Å². The normalized spacial score (nSPS) is 20.6.